The quantitative estimate of drug-likeness (QED) is 0.584. The average molecular weight is 274 g/mol. The molecule has 4 N–H and O–H groups in total. The van der Waals surface area contributed by atoms with Crippen LogP contribution in [0.1, 0.15) is 12.8 Å². The van der Waals surface area contributed by atoms with Gasteiger partial charge in [-0.3, -0.25) is 9.78 Å². The second-order valence-corrected chi connectivity index (χ2v) is 6.11. The van der Waals surface area contributed by atoms with Gasteiger partial charge in [0.2, 0.25) is 10.0 Å². The Morgan fingerprint density at radius 2 is 2.11 bits per heavy atom. The standard InChI is InChI=1S/C9H14N4O4S/c10-6-2-1-3-13(5-6)18(16,17)7-4-11-9(15)12-8(7)14/h4,6H,1-3,5,10H2,(H2,11,12,14,15). The van der Waals surface area contributed by atoms with Crippen LogP contribution in [0.2, 0.25) is 0 Å². The molecule has 1 atom stereocenters. The summed E-state index contributed by atoms with van der Waals surface area (Å²) in [7, 11) is -3.90. The Morgan fingerprint density at radius 3 is 2.72 bits per heavy atom. The van der Waals surface area contributed by atoms with E-state index in [-0.39, 0.29) is 12.6 Å². The molecule has 2 heterocycles. The number of rotatable bonds is 2. The van der Waals surface area contributed by atoms with Crippen molar-refractivity contribution in [1.29, 1.82) is 0 Å². The number of nitrogens with one attached hydrogen (secondary N) is 2. The van der Waals surface area contributed by atoms with E-state index in [1.807, 2.05) is 4.98 Å². The average Bonchev–Trinajstić information content (AvgIpc) is 2.28. The number of hydrogen-bond donors (Lipinski definition) is 3. The molecule has 2 rings (SSSR count). The summed E-state index contributed by atoms with van der Waals surface area (Å²) >= 11 is 0. The van der Waals surface area contributed by atoms with Crippen LogP contribution in [0.3, 0.4) is 0 Å². The van der Waals surface area contributed by atoms with Crippen molar-refractivity contribution in [1.82, 2.24) is 14.3 Å². The summed E-state index contributed by atoms with van der Waals surface area (Å²) in [6.07, 6.45) is 2.33. The predicted octanol–water partition coefficient (Wildman–Crippen LogP) is -1.82. The minimum atomic E-state index is -3.90. The number of H-pyrrole nitrogens is 2. The Bertz CT molecular complexity index is 647. The van der Waals surface area contributed by atoms with Gasteiger partial charge in [0.15, 0.2) is 4.90 Å². The predicted molar refractivity (Wildman–Crippen MR) is 63.7 cm³/mol. The van der Waals surface area contributed by atoms with Crippen molar-refractivity contribution in [2.24, 2.45) is 5.73 Å². The topological polar surface area (TPSA) is 129 Å². The lowest BCUT2D eigenvalue weighted by atomic mass is 10.1. The van der Waals surface area contributed by atoms with Crippen LogP contribution in [0.5, 0.6) is 0 Å². The second-order valence-electron chi connectivity index (χ2n) is 4.20. The first kappa shape index (κ1) is 13.0. The normalized spacial score (nSPS) is 21.9. The van der Waals surface area contributed by atoms with Crippen LogP contribution in [-0.2, 0) is 10.0 Å². The highest BCUT2D eigenvalue weighted by Gasteiger charge is 2.30. The molecule has 1 aliphatic rings. The Hall–Kier alpha value is -1.45. The Labute approximate surface area is 103 Å². The number of hydrogen-bond acceptors (Lipinski definition) is 5. The van der Waals surface area contributed by atoms with Crippen molar-refractivity contribution in [2.75, 3.05) is 13.1 Å². The molecule has 0 aromatic carbocycles. The molecule has 1 aliphatic heterocycles. The molecule has 0 aliphatic carbocycles. The lowest BCUT2D eigenvalue weighted by Gasteiger charge is -2.29. The molecule has 100 valence electrons. The van der Waals surface area contributed by atoms with Crippen LogP contribution in [-0.4, -0.2) is 41.8 Å². The lowest BCUT2D eigenvalue weighted by Crippen LogP contribution is -2.47. The van der Waals surface area contributed by atoms with E-state index in [2.05, 4.69) is 4.98 Å². The number of nitrogens with two attached hydrogens (primary N) is 1. The lowest BCUT2D eigenvalue weighted by molar-refractivity contribution is 0.315. The zero-order valence-corrected chi connectivity index (χ0v) is 10.4. The van der Waals surface area contributed by atoms with Gasteiger partial charge in [0.25, 0.3) is 5.56 Å². The molecule has 1 unspecified atom stereocenters. The van der Waals surface area contributed by atoms with E-state index >= 15 is 0 Å². The second kappa shape index (κ2) is 4.67. The van der Waals surface area contributed by atoms with Gasteiger partial charge in [0.05, 0.1) is 0 Å². The van der Waals surface area contributed by atoms with E-state index in [1.54, 1.807) is 0 Å². The van der Waals surface area contributed by atoms with Gasteiger partial charge < -0.3 is 10.7 Å². The van der Waals surface area contributed by atoms with E-state index in [9.17, 15) is 18.0 Å². The Morgan fingerprint density at radius 1 is 1.39 bits per heavy atom. The van der Waals surface area contributed by atoms with Gasteiger partial charge in [-0.1, -0.05) is 0 Å². The van der Waals surface area contributed by atoms with Crippen LogP contribution >= 0.6 is 0 Å². The van der Waals surface area contributed by atoms with Crippen molar-refractivity contribution in [3.63, 3.8) is 0 Å². The third-order valence-corrected chi connectivity index (χ3v) is 4.69. The van der Waals surface area contributed by atoms with Gasteiger partial charge in [-0.15, -0.1) is 0 Å². The fraction of sp³-hybridized carbons (Fsp3) is 0.556. The van der Waals surface area contributed by atoms with E-state index in [0.717, 1.165) is 12.6 Å². The summed E-state index contributed by atoms with van der Waals surface area (Å²) in [5, 5.41) is 0. The fourth-order valence-corrected chi connectivity index (χ4v) is 3.45. The van der Waals surface area contributed by atoms with Crippen LogP contribution in [0.25, 0.3) is 0 Å². The van der Waals surface area contributed by atoms with Crippen molar-refractivity contribution in [3.05, 3.63) is 27.0 Å². The smallest absolute Gasteiger partial charge is 0.325 e. The number of aromatic amines is 2. The molecule has 8 nitrogen and oxygen atoms in total. The summed E-state index contributed by atoms with van der Waals surface area (Å²) in [5.41, 5.74) is 4.05. The van der Waals surface area contributed by atoms with Gasteiger partial charge in [0, 0.05) is 25.3 Å². The van der Waals surface area contributed by atoms with Gasteiger partial charge >= 0.3 is 5.69 Å². The van der Waals surface area contributed by atoms with E-state index < -0.39 is 26.2 Å². The van der Waals surface area contributed by atoms with E-state index in [1.165, 1.54) is 4.31 Å². The van der Waals surface area contributed by atoms with Gasteiger partial charge in [-0.2, -0.15) is 4.31 Å². The minimum Gasteiger partial charge on any atom is -0.327 e. The zero-order valence-electron chi connectivity index (χ0n) is 9.55. The van der Waals surface area contributed by atoms with Crippen LogP contribution in [0.15, 0.2) is 20.7 Å². The minimum absolute atomic E-state index is 0.181. The largest absolute Gasteiger partial charge is 0.327 e. The first-order chi connectivity index (χ1) is 8.41. The van der Waals surface area contributed by atoms with Gasteiger partial charge in [0.1, 0.15) is 0 Å². The number of aromatic nitrogens is 2. The summed E-state index contributed by atoms with van der Waals surface area (Å²) < 4.78 is 25.6. The van der Waals surface area contributed by atoms with E-state index in [4.69, 9.17) is 5.73 Å². The molecular formula is C9H14N4O4S. The maximum atomic E-state index is 12.2. The van der Waals surface area contributed by atoms with Crippen LogP contribution in [0, 0.1) is 0 Å². The van der Waals surface area contributed by atoms with Crippen molar-refractivity contribution < 1.29 is 8.42 Å². The summed E-state index contributed by atoms with van der Waals surface area (Å²) in [5.74, 6) is 0. The maximum Gasteiger partial charge on any atom is 0.325 e. The molecule has 0 radical (unpaired) electrons. The van der Waals surface area contributed by atoms with Gasteiger partial charge in [-0.05, 0) is 12.8 Å². The molecule has 0 saturated carbocycles. The summed E-state index contributed by atoms with van der Waals surface area (Å²) in [4.78, 5) is 25.9. The van der Waals surface area contributed by atoms with Crippen molar-refractivity contribution in [2.45, 2.75) is 23.8 Å². The Kier molecular flexibility index (Phi) is 3.37. The molecule has 1 saturated heterocycles. The Balaban J connectivity index is 2.42. The van der Waals surface area contributed by atoms with Crippen LogP contribution in [0.4, 0.5) is 0 Å². The number of sulfonamides is 1. The van der Waals surface area contributed by atoms with Crippen LogP contribution < -0.4 is 17.0 Å². The monoisotopic (exact) mass is 274 g/mol. The molecule has 0 bridgehead atoms. The highest BCUT2D eigenvalue weighted by atomic mass is 32.2. The molecule has 0 amide bonds. The number of piperidine rings is 1. The third kappa shape index (κ3) is 2.37. The SMILES string of the molecule is NC1CCCN(S(=O)(=O)c2c[nH]c(=O)[nH]c2=O)C1. The maximum absolute atomic E-state index is 12.2. The third-order valence-electron chi connectivity index (χ3n) is 2.82. The fourth-order valence-electron chi connectivity index (χ4n) is 1.92. The highest BCUT2D eigenvalue weighted by Crippen LogP contribution is 2.16. The van der Waals surface area contributed by atoms with Crippen molar-refractivity contribution >= 4 is 10.0 Å². The molecule has 18 heavy (non-hydrogen) atoms. The van der Waals surface area contributed by atoms with Crippen molar-refractivity contribution in [3.8, 4) is 0 Å². The summed E-state index contributed by atoms with van der Waals surface area (Å²) in [6.45, 7) is 0.509. The van der Waals surface area contributed by atoms with E-state index in [0.29, 0.717) is 13.0 Å². The molecule has 1 aromatic rings. The summed E-state index contributed by atoms with van der Waals surface area (Å²) in [6, 6.07) is -0.227. The molecular weight excluding hydrogens is 260 g/mol. The zero-order chi connectivity index (χ0) is 13.3. The number of nitrogens with zero attached hydrogens (tertiary/aromatic N) is 1. The molecule has 9 heteroatoms. The molecule has 0 spiro atoms. The molecule has 1 fully saturated rings. The van der Waals surface area contributed by atoms with Gasteiger partial charge in [-0.25, -0.2) is 13.2 Å². The first-order valence-corrected chi connectivity index (χ1v) is 6.93. The highest BCUT2D eigenvalue weighted by molar-refractivity contribution is 7.89. The first-order valence-electron chi connectivity index (χ1n) is 5.49. The molecule has 1 aromatic heterocycles.